The summed E-state index contributed by atoms with van der Waals surface area (Å²) in [5, 5.41) is 0.389. The lowest BCUT2D eigenvalue weighted by Gasteiger charge is -2.14. The molecule has 0 aliphatic rings. The van der Waals surface area contributed by atoms with Crippen LogP contribution in [0, 0.1) is 11.6 Å². The third-order valence-electron chi connectivity index (χ3n) is 2.76. The maximum Gasteiger partial charge on any atom is 0.126 e. The van der Waals surface area contributed by atoms with Crippen molar-refractivity contribution in [3.8, 4) is 0 Å². The third kappa shape index (κ3) is 2.86. The molecular formula is C14H12ClF2N. The minimum absolute atomic E-state index is 0.274. The summed E-state index contributed by atoms with van der Waals surface area (Å²) in [6.07, 6.45) is 0.274. The average Bonchev–Trinajstić information content (AvgIpc) is 2.35. The van der Waals surface area contributed by atoms with Gasteiger partial charge in [0, 0.05) is 11.1 Å². The van der Waals surface area contributed by atoms with Gasteiger partial charge < -0.3 is 5.73 Å². The molecule has 0 fully saturated rings. The van der Waals surface area contributed by atoms with Gasteiger partial charge in [0.05, 0.1) is 0 Å². The van der Waals surface area contributed by atoms with Crippen LogP contribution in [0.25, 0.3) is 0 Å². The number of hydrogen-bond acceptors (Lipinski definition) is 1. The van der Waals surface area contributed by atoms with Crippen LogP contribution in [-0.2, 0) is 6.42 Å². The number of hydrogen-bond donors (Lipinski definition) is 1. The molecule has 4 heteroatoms. The van der Waals surface area contributed by atoms with Gasteiger partial charge in [-0.2, -0.15) is 0 Å². The van der Waals surface area contributed by atoms with Crippen molar-refractivity contribution >= 4 is 11.6 Å². The Morgan fingerprint density at radius 3 is 2.56 bits per heavy atom. The molecule has 0 amide bonds. The first-order chi connectivity index (χ1) is 8.58. The first kappa shape index (κ1) is 13.0. The monoisotopic (exact) mass is 267 g/mol. The molecule has 0 spiro atoms. The van der Waals surface area contributed by atoms with Crippen LogP contribution in [-0.4, -0.2) is 0 Å². The minimum Gasteiger partial charge on any atom is -0.324 e. The molecule has 2 aromatic carbocycles. The van der Waals surface area contributed by atoms with E-state index in [4.69, 9.17) is 17.3 Å². The summed E-state index contributed by atoms with van der Waals surface area (Å²) in [5.41, 5.74) is 6.92. The van der Waals surface area contributed by atoms with Gasteiger partial charge in [-0.15, -0.1) is 0 Å². The molecule has 2 rings (SSSR count). The molecule has 0 aromatic heterocycles. The summed E-state index contributed by atoms with van der Waals surface area (Å²) in [5.74, 6) is -0.723. The molecule has 18 heavy (non-hydrogen) atoms. The highest BCUT2D eigenvalue weighted by Gasteiger charge is 2.13. The van der Waals surface area contributed by atoms with E-state index in [0.29, 0.717) is 16.1 Å². The van der Waals surface area contributed by atoms with Gasteiger partial charge in [0.25, 0.3) is 0 Å². The van der Waals surface area contributed by atoms with Crippen molar-refractivity contribution in [1.82, 2.24) is 0 Å². The lowest BCUT2D eigenvalue weighted by Crippen LogP contribution is -2.15. The second-order valence-electron chi connectivity index (χ2n) is 4.07. The zero-order valence-corrected chi connectivity index (χ0v) is 10.3. The van der Waals surface area contributed by atoms with Crippen LogP contribution in [0.15, 0.2) is 42.5 Å². The zero-order valence-electron chi connectivity index (χ0n) is 9.54. The highest BCUT2D eigenvalue weighted by molar-refractivity contribution is 6.31. The molecule has 0 saturated carbocycles. The van der Waals surface area contributed by atoms with E-state index in [0.717, 1.165) is 0 Å². The highest BCUT2D eigenvalue weighted by Crippen LogP contribution is 2.25. The molecule has 0 saturated heterocycles. The molecule has 0 aliphatic heterocycles. The van der Waals surface area contributed by atoms with Crippen molar-refractivity contribution in [2.24, 2.45) is 5.73 Å². The summed E-state index contributed by atoms with van der Waals surface area (Å²) in [6.45, 7) is 0. The number of nitrogens with two attached hydrogens (primary N) is 1. The van der Waals surface area contributed by atoms with Crippen LogP contribution < -0.4 is 5.73 Å². The van der Waals surface area contributed by atoms with Gasteiger partial charge in [0.2, 0.25) is 0 Å². The van der Waals surface area contributed by atoms with Gasteiger partial charge >= 0.3 is 0 Å². The fourth-order valence-electron chi connectivity index (χ4n) is 1.81. The van der Waals surface area contributed by atoms with Crippen LogP contribution in [0.3, 0.4) is 0 Å². The second-order valence-corrected chi connectivity index (χ2v) is 4.48. The van der Waals surface area contributed by atoms with Crippen molar-refractivity contribution < 1.29 is 8.78 Å². The Morgan fingerprint density at radius 2 is 1.83 bits per heavy atom. The van der Waals surface area contributed by atoms with Crippen molar-refractivity contribution in [2.45, 2.75) is 12.5 Å². The van der Waals surface area contributed by atoms with Gasteiger partial charge in [0.15, 0.2) is 0 Å². The van der Waals surface area contributed by atoms with Gasteiger partial charge in [-0.3, -0.25) is 0 Å². The quantitative estimate of drug-likeness (QED) is 0.898. The summed E-state index contributed by atoms with van der Waals surface area (Å²) < 4.78 is 26.6. The molecule has 2 N–H and O–H groups in total. The summed E-state index contributed by atoms with van der Waals surface area (Å²) in [4.78, 5) is 0. The fraction of sp³-hybridized carbons (Fsp3) is 0.143. The highest BCUT2D eigenvalue weighted by atomic mass is 35.5. The second kappa shape index (κ2) is 5.46. The Kier molecular flexibility index (Phi) is 3.94. The Bertz CT molecular complexity index is 557. The van der Waals surface area contributed by atoms with Gasteiger partial charge in [-0.25, -0.2) is 8.78 Å². The van der Waals surface area contributed by atoms with E-state index in [9.17, 15) is 8.78 Å². The van der Waals surface area contributed by atoms with Crippen LogP contribution in [0.5, 0.6) is 0 Å². The van der Waals surface area contributed by atoms with Crippen LogP contribution >= 0.6 is 11.6 Å². The molecule has 0 heterocycles. The normalized spacial score (nSPS) is 12.4. The lowest BCUT2D eigenvalue weighted by molar-refractivity contribution is 0.589. The molecule has 1 atom stereocenters. The number of rotatable bonds is 3. The van der Waals surface area contributed by atoms with E-state index in [2.05, 4.69) is 0 Å². The Hall–Kier alpha value is -1.45. The van der Waals surface area contributed by atoms with Crippen LogP contribution in [0.4, 0.5) is 8.78 Å². The molecule has 2 aromatic rings. The predicted octanol–water partition coefficient (Wildman–Crippen LogP) is 3.86. The molecule has 1 nitrogen and oxygen atoms in total. The molecule has 0 bridgehead atoms. The van der Waals surface area contributed by atoms with E-state index in [1.165, 1.54) is 24.3 Å². The predicted molar refractivity (Wildman–Crippen MR) is 68.4 cm³/mol. The summed E-state index contributed by atoms with van der Waals surface area (Å²) in [7, 11) is 0. The first-order valence-corrected chi connectivity index (χ1v) is 5.89. The first-order valence-electron chi connectivity index (χ1n) is 5.52. The maximum absolute atomic E-state index is 13.5. The fourth-order valence-corrected chi connectivity index (χ4v) is 2.07. The molecular weight excluding hydrogens is 256 g/mol. The maximum atomic E-state index is 13.5. The van der Waals surface area contributed by atoms with E-state index < -0.39 is 11.9 Å². The smallest absolute Gasteiger partial charge is 0.126 e. The summed E-state index contributed by atoms with van der Waals surface area (Å²) in [6, 6.07) is 9.84. The van der Waals surface area contributed by atoms with Crippen molar-refractivity contribution in [2.75, 3.05) is 0 Å². The largest absolute Gasteiger partial charge is 0.324 e. The average molecular weight is 268 g/mol. The molecule has 0 aliphatic carbocycles. The van der Waals surface area contributed by atoms with Crippen molar-refractivity contribution in [3.05, 3.63) is 70.2 Å². The van der Waals surface area contributed by atoms with E-state index in [-0.39, 0.29) is 12.2 Å². The zero-order chi connectivity index (χ0) is 13.1. The van der Waals surface area contributed by atoms with Gasteiger partial charge in [0.1, 0.15) is 11.6 Å². The van der Waals surface area contributed by atoms with Gasteiger partial charge in [-0.1, -0.05) is 29.8 Å². The van der Waals surface area contributed by atoms with E-state index in [1.807, 2.05) is 0 Å². The van der Waals surface area contributed by atoms with Crippen molar-refractivity contribution in [3.63, 3.8) is 0 Å². The summed E-state index contributed by atoms with van der Waals surface area (Å²) >= 11 is 5.96. The minimum atomic E-state index is -0.537. The topological polar surface area (TPSA) is 26.0 Å². The lowest BCUT2D eigenvalue weighted by atomic mass is 9.99. The number of benzene rings is 2. The van der Waals surface area contributed by atoms with E-state index >= 15 is 0 Å². The number of halogens is 3. The molecule has 0 radical (unpaired) electrons. The van der Waals surface area contributed by atoms with Crippen LogP contribution in [0.2, 0.25) is 5.02 Å². The third-order valence-corrected chi connectivity index (χ3v) is 3.10. The van der Waals surface area contributed by atoms with Gasteiger partial charge in [-0.05, 0) is 41.8 Å². The SMILES string of the molecule is NC(Cc1ccccc1F)c1cc(F)ccc1Cl. The Balaban J connectivity index is 2.25. The van der Waals surface area contributed by atoms with Crippen molar-refractivity contribution in [1.29, 1.82) is 0 Å². The standard InChI is InChI=1S/C14H12ClF2N/c15-12-6-5-10(16)8-11(12)14(18)7-9-3-1-2-4-13(9)17/h1-6,8,14H,7,18H2. The Morgan fingerprint density at radius 1 is 1.11 bits per heavy atom. The van der Waals surface area contributed by atoms with E-state index in [1.54, 1.807) is 18.2 Å². The Labute approximate surface area is 109 Å². The molecule has 94 valence electrons. The molecule has 1 unspecified atom stereocenters. The van der Waals surface area contributed by atoms with Crippen LogP contribution in [0.1, 0.15) is 17.2 Å².